The van der Waals surface area contributed by atoms with Gasteiger partial charge in [-0.25, -0.2) is 4.79 Å². The summed E-state index contributed by atoms with van der Waals surface area (Å²) in [5.74, 6) is -2.21. The minimum Gasteiger partial charge on any atom is -0.459 e. The lowest BCUT2D eigenvalue weighted by molar-refractivity contribution is -0.216. The quantitative estimate of drug-likeness (QED) is 0.793. The molecule has 0 bridgehead atoms. The number of carbonyl (C=O) groups excluding carboxylic acids is 1. The average Bonchev–Trinajstić information content (AvgIpc) is 2.32. The number of ether oxygens (including phenoxy) is 2. The van der Waals surface area contributed by atoms with E-state index in [1.165, 1.54) is 13.0 Å². The molecule has 0 atom stereocenters. The number of nitrogens with zero attached hydrogens (tertiary/aromatic N) is 1. The monoisotopic (exact) mass is 275 g/mol. The van der Waals surface area contributed by atoms with Crippen LogP contribution in [0.2, 0.25) is 5.02 Å². The van der Waals surface area contributed by atoms with Gasteiger partial charge in [-0.2, -0.15) is 14.0 Å². The fourth-order valence-electron chi connectivity index (χ4n) is 1.05. The molecular weight excluding hydrogens is 268 g/mol. The Labute approximate surface area is 107 Å². The first-order chi connectivity index (χ1) is 8.40. The van der Waals surface area contributed by atoms with E-state index >= 15 is 0 Å². The SMILES string of the molecule is CCOC(=O)C(F)(F)Oc1ccc(C#N)cc1Cl. The number of esters is 1. The van der Waals surface area contributed by atoms with Crippen LogP contribution in [0.4, 0.5) is 8.78 Å². The van der Waals surface area contributed by atoms with Gasteiger partial charge in [-0.1, -0.05) is 11.6 Å². The second-order valence-corrected chi connectivity index (χ2v) is 3.50. The van der Waals surface area contributed by atoms with Crippen LogP contribution in [0.25, 0.3) is 0 Å². The molecule has 0 radical (unpaired) electrons. The van der Waals surface area contributed by atoms with Crippen molar-refractivity contribution in [2.75, 3.05) is 6.61 Å². The third-order valence-electron chi connectivity index (χ3n) is 1.81. The molecule has 0 spiro atoms. The van der Waals surface area contributed by atoms with Crippen LogP contribution < -0.4 is 4.74 Å². The number of hydrogen-bond acceptors (Lipinski definition) is 4. The predicted octanol–water partition coefficient (Wildman–Crippen LogP) is 2.75. The second-order valence-electron chi connectivity index (χ2n) is 3.10. The van der Waals surface area contributed by atoms with E-state index in [1.807, 2.05) is 0 Å². The fraction of sp³-hybridized carbons (Fsp3) is 0.273. The molecule has 18 heavy (non-hydrogen) atoms. The van der Waals surface area contributed by atoms with Gasteiger partial charge in [0.05, 0.1) is 23.3 Å². The maximum Gasteiger partial charge on any atom is 0.502 e. The van der Waals surface area contributed by atoms with Crippen molar-refractivity contribution >= 4 is 17.6 Å². The maximum absolute atomic E-state index is 13.2. The first-order valence-corrected chi connectivity index (χ1v) is 5.22. The number of carbonyl (C=O) groups is 1. The van der Waals surface area contributed by atoms with Gasteiger partial charge in [0.15, 0.2) is 0 Å². The smallest absolute Gasteiger partial charge is 0.459 e. The molecule has 0 aliphatic rings. The van der Waals surface area contributed by atoms with E-state index in [2.05, 4.69) is 9.47 Å². The van der Waals surface area contributed by atoms with E-state index in [4.69, 9.17) is 16.9 Å². The van der Waals surface area contributed by atoms with Crippen molar-refractivity contribution in [3.63, 3.8) is 0 Å². The summed E-state index contributed by atoms with van der Waals surface area (Å²) in [6, 6.07) is 5.25. The lowest BCUT2D eigenvalue weighted by Crippen LogP contribution is -2.36. The summed E-state index contributed by atoms with van der Waals surface area (Å²) >= 11 is 5.63. The summed E-state index contributed by atoms with van der Waals surface area (Å²) in [7, 11) is 0. The maximum atomic E-state index is 13.2. The van der Waals surface area contributed by atoms with E-state index in [0.29, 0.717) is 0 Å². The summed E-state index contributed by atoms with van der Waals surface area (Å²) in [6.45, 7) is 1.20. The molecule has 0 fully saturated rings. The Bertz CT molecular complexity index is 500. The molecule has 4 nitrogen and oxygen atoms in total. The molecular formula is C11H8ClF2NO3. The number of hydrogen-bond donors (Lipinski definition) is 0. The van der Waals surface area contributed by atoms with Crippen molar-refractivity contribution in [3.05, 3.63) is 28.8 Å². The molecule has 0 amide bonds. The summed E-state index contributed by atoms with van der Waals surface area (Å²) in [6.07, 6.45) is -4.13. The molecule has 1 rings (SSSR count). The van der Waals surface area contributed by atoms with Gasteiger partial charge < -0.3 is 9.47 Å². The highest BCUT2D eigenvalue weighted by atomic mass is 35.5. The lowest BCUT2D eigenvalue weighted by Gasteiger charge is -2.16. The Morgan fingerprint density at radius 1 is 1.56 bits per heavy atom. The Kier molecular flexibility index (Phi) is 4.45. The van der Waals surface area contributed by atoms with E-state index in [1.54, 1.807) is 6.07 Å². The molecule has 0 heterocycles. The van der Waals surface area contributed by atoms with Crippen molar-refractivity contribution in [1.29, 1.82) is 5.26 Å². The number of nitriles is 1. The van der Waals surface area contributed by atoms with Gasteiger partial charge in [0.1, 0.15) is 5.75 Å². The number of benzene rings is 1. The van der Waals surface area contributed by atoms with Crippen molar-refractivity contribution in [3.8, 4) is 11.8 Å². The van der Waals surface area contributed by atoms with Crippen LogP contribution in [0, 0.1) is 11.3 Å². The minimum atomic E-state index is -4.13. The summed E-state index contributed by atoms with van der Waals surface area (Å²) < 4.78 is 34.8. The van der Waals surface area contributed by atoms with Gasteiger partial charge >= 0.3 is 12.1 Å². The Morgan fingerprint density at radius 2 is 2.22 bits per heavy atom. The average molecular weight is 276 g/mol. The Hall–Kier alpha value is -1.87. The topological polar surface area (TPSA) is 59.3 Å². The van der Waals surface area contributed by atoms with Gasteiger partial charge in [-0.15, -0.1) is 0 Å². The van der Waals surface area contributed by atoms with Crippen molar-refractivity contribution < 1.29 is 23.0 Å². The molecule has 0 saturated heterocycles. The van der Waals surface area contributed by atoms with E-state index in [9.17, 15) is 13.6 Å². The molecule has 0 aliphatic carbocycles. The number of halogens is 3. The van der Waals surface area contributed by atoms with Crippen molar-refractivity contribution in [2.45, 2.75) is 13.0 Å². The molecule has 0 unspecified atom stereocenters. The molecule has 0 aromatic heterocycles. The standard InChI is InChI=1S/C11H8ClF2NO3/c1-2-17-10(16)11(13,14)18-9-4-3-7(6-15)5-8(9)12/h3-5H,2H2,1H3. The molecule has 0 aliphatic heterocycles. The zero-order chi connectivity index (χ0) is 13.8. The van der Waals surface area contributed by atoms with Gasteiger partial charge in [0.2, 0.25) is 0 Å². The van der Waals surface area contributed by atoms with Gasteiger partial charge in [0.25, 0.3) is 0 Å². The molecule has 0 N–H and O–H groups in total. The predicted molar refractivity (Wildman–Crippen MR) is 58.4 cm³/mol. The summed E-state index contributed by atoms with van der Waals surface area (Å²) in [5, 5.41) is 8.38. The van der Waals surface area contributed by atoms with Crippen LogP contribution in [0.15, 0.2) is 18.2 Å². The van der Waals surface area contributed by atoms with Gasteiger partial charge in [0, 0.05) is 0 Å². The highest BCUT2D eigenvalue weighted by Gasteiger charge is 2.44. The first kappa shape index (κ1) is 14.2. The van der Waals surface area contributed by atoms with Crippen molar-refractivity contribution in [2.24, 2.45) is 0 Å². The first-order valence-electron chi connectivity index (χ1n) is 4.84. The summed E-state index contributed by atoms with van der Waals surface area (Å²) in [5.41, 5.74) is 0.187. The van der Waals surface area contributed by atoms with E-state index in [-0.39, 0.29) is 17.2 Å². The van der Waals surface area contributed by atoms with E-state index < -0.39 is 17.8 Å². The lowest BCUT2D eigenvalue weighted by atomic mass is 10.2. The number of rotatable bonds is 4. The highest BCUT2D eigenvalue weighted by Crippen LogP contribution is 2.30. The van der Waals surface area contributed by atoms with Gasteiger partial charge in [-0.05, 0) is 25.1 Å². The van der Waals surface area contributed by atoms with Crippen LogP contribution in [-0.2, 0) is 9.53 Å². The van der Waals surface area contributed by atoms with Crippen molar-refractivity contribution in [1.82, 2.24) is 0 Å². The largest absolute Gasteiger partial charge is 0.502 e. The Morgan fingerprint density at radius 3 is 2.72 bits per heavy atom. The van der Waals surface area contributed by atoms with Crippen LogP contribution in [0.1, 0.15) is 12.5 Å². The van der Waals surface area contributed by atoms with Crippen LogP contribution >= 0.6 is 11.6 Å². The molecule has 7 heteroatoms. The second kappa shape index (κ2) is 5.65. The molecule has 96 valence electrons. The zero-order valence-electron chi connectivity index (χ0n) is 9.25. The van der Waals surface area contributed by atoms with Gasteiger partial charge in [-0.3, -0.25) is 0 Å². The third-order valence-corrected chi connectivity index (χ3v) is 2.11. The Balaban J connectivity index is 2.91. The molecule has 1 aromatic rings. The van der Waals surface area contributed by atoms with Crippen LogP contribution in [0.5, 0.6) is 5.75 Å². The third kappa shape index (κ3) is 3.31. The van der Waals surface area contributed by atoms with E-state index in [0.717, 1.165) is 12.1 Å². The van der Waals surface area contributed by atoms with Crippen LogP contribution in [0.3, 0.4) is 0 Å². The molecule has 0 saturated carbocycles. The number of alkyl halides is 2. The minimum absolute atomic E-state index is 0.187. The summed E-state index contributed by atoms with van der Waals surface area (Å²) in [4.78, 5) is 10.9. The zero-order valence-corrected chi connectivity index (χ0v) is 10.0. The fourth-order valence-corrected chi connectivity index (χ4v) is 1.27. The van der Waals surface area contributed by atoms with Crippen LogP contribution in [-0.4, -0.2) is 18.7 Å². The molecule has 1 aromatic carbocycles. The highest BCUT2D eigenvalue weighted by molar-refractivity contribution is 6.32. The normalized spacial score (nSPS) is 10.6.